The second-order valence-corrected chi connectivity index (χ2v) is 4.80. The lowest BCUT2D eigenvalue weighted by Gasteiger charge is -2.42. The molecule has 0 N–H and O–H groups in total. The maximum absolute atomic E-state index is 12.5. The normalized spacial score (nSPS) is 22.4. The summed E-state index contributed by atoms with van der Waals surface area (Å²) in [7, 11) is 0. The van der Waals surface area contributed by atoms with Crippen LogP contribution >= 0.6 is 0 Å². The molecule has 3 amide bonds. The molecule has 1 aromatic carbocycles. The Morgan fingerprint density at radius 1 is 1.35 bits per heavy atom. The molecule has 0 aromatic heterocycles. The lowest BCUT2D eigenvalue weighted by atomic mass is 10.1. The molecule has 0 radical (unpaired) electrons. The molecule has 6 nitrogen and oxygen atoms in total. The van der Waals surface area contributed by atoms with Crippen molar-refractivity contribution in [3.8, 4) is 6.07 Å². The second-order valence-electron chi connectivity index (χ2n) is 4.80. The Balaban J connectivity index is 1.94. The van der Waals surface area contributed by atoms with Crippen LogP contribution in [0.15, 0.2) is 24.3 Å². The highest BCUT2D eigenvalue weighted by molar-refractivity contribution is 6.16. The number of imide groups is 1. The van der Waals surface area contributed by atoms with Crippen molar-refractivity contribution in [2.24, 2.45) is 0 Å². The van der Waals surface area contributed by atoms with E-state index in [1.807, 2.05) is 6.07 Å². The van der Waals surface area contributed by atoms with Crippen molar-refractivity contribution in [3.05, 3.63) is 29.8 Å². The van der Waals surface area contributed by atoms with Crippen LogP contribution in [-0.4, -0.2) is 42.6 Å². The molecule has 6 heteroatoms. The summed E-state index contributed by atoms with van der Waals surface area (Å²) in [6.07, 6.45) is 0.253. The molecule has 3 rings (SSSR count). The Labute approximate surface area is 116 Å². The highest BCUT2D eigenvalue weighted by Crippen LogP contribution is 2.26. The number of anilines is 1. The van der Waals surface area contributed by atoms with Crippen molar-refractivity contribution in [3.63, 3.8) is 0 Å². The van der Waals surface area contributed by atoms with Gasteiger partial charge in [0.1, 0.15) is 0 Å². The summed E-state index contributed by atoms with van der Waals surface area (Å²) in [5.74, 6) is -0.253. The standard InChI is InChI=1S/C14H13N3O3/c15-8-10-2-1-3-11(6-10)17-13(18)7-12-9-20-5-4-16(12)14(17)19/h1-3,6,12H,4-5,7,9H2. The van der Waals surface area contributed by atoms with E-state index in [2.05, 4.69) is 0 Å². The number of nitrogens with zero attached hydrogens (tertiary/aromatic N) is 3. The van der Waals surface area contributed by atoms with Crippen LogP contribution in [0.25, 0.3) is 0 Å². The van der Waals surface area contributed by atoms with Crippen LogP contribution in [0.4, 0.5) is 10.5 Å². The van der Waals surface area contributed by atoms with E-state index in [0.29, 0.717) is 31.0 Å². The monoisotopic (exact) mass is 271 g/mol. The van der Waals surface area contributed by atoms with E-state index in [1.165, 1.54) is 0 Å². The average Bonchev–Trinajstić information content (AvgIpc) is 2.47. The van der Waals surface area contributed by atoms with E-state index in [0.717, 1.165) is 4.90 Å². The molecule has 20 heavy (non-hydrogen) atoms. The topological polar surface area (TPSA) is 73.6 Å². The summed E-state index contributed by atoms with van der Waals surface area (Å²) in [6.45, 7) is 1.39. The Hall–Kier alpha value is -2.39. The molecule has 2 aliphatic rings. The molecule has 1 unspecified atom stereocenters. The van der Waals surface area contributed by atoms with Gasteiger partial charge in [-0.15, -0.1) is 0 Å². The fourth-order valence-electron chi connectivity index (χ4n) is 2.57. The van der Waals surface area contributed by atoms with Gasteiger partial charge in [0.15, 0.2) is 0 Å². The number of nitriles is 1. The number of morpholine rings is 1. The summed E-state index contributed by atoms with van der Waals surface area (Å²) in [6, 6.07) is 8.03. The van der Waals surface area contributed by atoms with Gasteiger partial charge in [-0.2, -0.15) is 5.26 Å². The molecule has 2 saturated heterocycles. The van der Waals surface area contributed by atoms with Crippen LogP contribution in [-0.2, 0) is 9.53 Å². The molecular weight excluding hydrogens is 258 g/mol. The zero-order valence-electron chi connectivity index (χ0n) is 10.8. The Morgan fingerprint density at radius 3 is 3.00 bits per heavy atom. The minimum Gasteiger partial charge on any atom is -0.377 e. The number of carbonyl (C=O) groups excluding carboxylic acids is 2. The van der Waals surface area contributed by atoms with E-state index in [-0.39, 0.29) is 24.4 Å². The van der Waals surface area contributed by atoms with E-state index in [9.17, 15) is 9.59 Å². The first-order chi connectivity index (χ1) is 9.70. The number of benzene rings is 1. The van der Waals surface area contributed by atoms with Crippen molar-refractivity contribution in [2.45, 2.75) is 12.5 Å². The molecule has 102 valence electrons. The van der Waals surface area contributed by atoms with Gasteiger partial charge in [0.05, 0.1) is 43.0 Å². The van der Waals surface area contributed by atoms with Crippen LogP contribution < -0.4 is 4.90 Å². The molecule has 1 atom stereocenters. The fourth-order valence-corrected chi connectivity index (χ4v) is 2.57. The van der Waals surface area contributed by atoms with Gasteiger partial charge in [0, 0.05) is 6.54 Å². The highest BCUT2D eigenvalue weighted by atomic mass is 16.5. The van der Waals surface area contributed by atoms with Crippen molar-refractivity contribution >= 4 is 17.6 Å². The van der Waals surface area contributed by atoms with E-state index in [4.69, 9.17) is 10.00 Å². The largest absolute Gasteiger partial charge is 0.377 e. The predicted octanol–water partition coefficient (Wildman–Crippen LogP) is 1.12. The Kier molecular flexibility index (Phi) is 3.12. The van der Waals surface area contributed by atoms with Crippen LogP contribution in [0, 0.1) is 11.3 Å². The quantitative estimate of drug-likeness (QED) is 0.767. The van der Waals surface area contributed by atoms with E-state index < -0.39 is 0 Å². The van der Waals surface area contributed by atoms with Gasteiger partial charge in [-0.3, -0.25) is 4.79 Å². The molecule has 0 aliphatic carbocycles. The molecule has 1 aromatic rings. The van der Waals surface area contributed by atoms with E-state index >= 15 is 0 Å². The van der Waals surface area contributed by atoms with Gasteiger partial charge < -0.3 is 9.64 Å². The Bertz CT molecular complexity index is 608. The van der Waals surface area contributed by atoms with Crippen LogP contribution in [0.3, 0.4) is 0 Å². The number of fused-ring (bicyclic) bond motifs is 1. The zero-order chi connectivity index (χ0) is 14.1. The van der Waals surface area contributed by atoms with Gasteiger partial charge in [0.2, 0.25) is 5.91 Å². The summed E-state index contributed by atoms with van der Waals surface area (Å²) in [4.78, 5) is 27.5. The average molecular weight is 271 g/mol. The van der Waals surface area contributed by atoms with Gasteiger partial charge in [-0.25, -0.2) is 9.69 Å². The van der Waals surface area contributed by atoms with Crippen molar-refractivity contribution < 1.29 is 14.3 Å². The number of rotatable bonds is 1. The van der Waals surface area contributed by atoms with Gasteiger partial charge in [-0.1, -0.05) is 6.07 Å². The highest BCUT2D eigenvalue weighted by Gasteiger charge is 2.40. The van der Waals surface area contributed by atoms with Crippen molar-refractivity contribution in [1.29, 1.82) is 5.26 Å². The van der Waals surface area contributed by atoms with Gasteiger partial charge >= 0.3 is 6.03 Å². The minimum absolute atomic E-state index is 0.167. The number of urea groups is 1. The molecule has 0 spiro atoms. The third-order valence-corrected chi connectivity index (χ3v) is 3.56. The predicted molar refractivity (Wildman–Crippen MR) is 70.0 cm³/mol. The number of hydrogen-bond donors (Lipinski definition) is 0. The molecule has 2 fully saturated rings. The van der Waals surface area contributed by atoms with E-state index in [1.54, 1.807) is 29.2 Å². The molecule has 2 heterocycles. The third-order valence-electron chi connectivity index (χ3n) is 3.56. The Morgan fingerprint density at radius 2 is 2.20 bits per heavy atom. The number of hydrogen-bond acceptors (Lipinski definition) is 4. The van der Waals surface area contributed by atoms with Crippen molar-refractivity contribution in [2.75, 3.05) is 24.7 Å². The lowest BCUT2D eigenvalue weighted by Crippen LogP contribution is -2.61. The maximum atomic E-state index is 12.5. The first-order valence-corrected chi connectivity index (χ1v) is 6.42. The third kappa shape index (κ3) is 2.02. The summed E-state index contributed by atoms with van der Waals surface area (Å²) in [5.41, 5.74) is 0.871. The van der Waals surface area contributed by atoms with Crippen LogP contribution in [0.1, 0.15) is 12.0 Å². The smallest absolute Gasteiger partial charge is 0.331 e. The summed E-state index contributed by atoms with van der Waals surface area (Å²) in [5, 5.41) is 8.91. The molecular formula is C14H13N3O3. The first kappa shape index (κ1) is 12.6. The van der Waals surface area contributed by atoms with Crippen LogP contribution in [0.5, 0.6) is 0 Å². The van der Waals surface area contributed by atoms with Crippen molar-refractivity contribution in [1.82, 2.24) is 4.90 Å². The summed E-state index contributed by atoms with van der Waals surface area (Å²) < 4.78 is 5.31. The number of ether oxygens (including phenoxy) is 1. The minimum atomic E-state index is -0.329. The molecule has 0 bridgehead atoms. The number of amides is 3. The number of carbonyl (C=O) groups is 2. The fraction of sp³-hybridized carbons (Fsp3) is 0.357. The second kappa shape index (κ2) is 4.94. The van der Waals surface area contributed by atoms with Gasteiger partial charge in [0.25, 0.3) is 0 Å². The zero-order valence-corrected chi connectivity index (χ0v) is 10.8. The van der Waals surface area contributed by atoms with Crippen LogP contribution in [0.2, 0.25) is 0 Å². The molecule has 0 saturated carbocycles. The van der Waals surface area contributed by atoms with Gasteiger partial charge in [-0.05, 0) is 18.2 Å². The first-order valence-electron chi connectivity index (χ1n) is 6.42. The summed E-state index contributed by atoms with van der Waals surface area (Å²) >= 11 is 0. The maximum Gasteiger partial charge on any atom is 0.331 e. The lowest BCUT2D eigenvalue weighted by molar-refractivity contribution is -0.122. The molecule has 2 aliphatic heterocycles. The SMILES string of the molecule is N#Cc1cccc(N2C(=O)CC3COCCN3C2=O)c1.